The van der Waals surface area contributed by atoms with E-state index in [0.29, 0.717) is 60.6 Å². The van der Waals surface area contributed by atoms with Crippen molar-refractivity contribution in [2.45, 2.75) is 105 Å². The van der Waals surface area contributed by atoms with Crippen LogP contribution in [0.1, 0.15) is 125 Å². The van der Waals surface area contributed by atoms with Crippen LogP contribution in [0, 0.1) is 0 Å². The second kappa shape index (κ2) is 18.4. The highest BCUT2D eigenvalue weighted by atomic mass is 16.5. The summed E-state index contributed by atoms with van der Waals surface area (Å²) in [5.74, 6) is 2.52. The summed E-state index contributed by atoms with van der Waals surface area (Å²) < 4.78 is 25.1. The van der Waals surface area contributed by atoms with E-state index in [1.165, 1.54) is 0 Å². The highest BCUT2D eigenvalue weighted by Crippen LogP contribution is 2.44. The molecule has 0 unspecified atom stereocenters. The van der Waals surface area contributed by atoms with E-state index in [1.807, 2.05) is 36.4 Å². The van der Waals surface area contributed by atoms with Crippen LogP contribution in [-0.2, 0) is 0 Å². The highest BCUT2D eigenvalue weighted by Gasteiger charge is 2.19. The lowest BCUT2D eigenvalue weighted by atomic mass is 9.91. The molecule has 4 rings (SSSR count). The molecule has 46 heavy (non-hydrogen) atoms. The van der Waals surface area contributed by atoms with Crippen LogP contribution >= 0.6 is 0 Å². The molecular formula is C40H52O6. The molecule has 4 aromatic rings. The fraction of sp³-hybridized carbons (Fsp3) is 0.500. The predicted octanol–water partition coefficient (Wildman–Crippen LogP) is 11.0. The fourth-order valence-corrected chi connectivity index (χ4v) is 5.89. The normalized spacial score (nSPS) is 11.3. The van der Waals surface area contributed by atoms with Crippen LogP contribution in [0.2, 0.25) is 0 Å². The summed E-state index contributed by atoms with van der Waals surface area (Å²) in [5, 5.41) is 5.56. The first kappa shape index (κ1) is 35.1. The number of rotatable bonds is 22. The molecule has 0 saturated heterocycles. The number of hydrogen-bond donors (Lipinski definition) is 0. The minimum atomic E-state index is 0.510. The first-order chi connectivity index (χ1) is 22.6. The zero-order valence-corrected chi connectivity index (χ0v) is 28.4. The van der Waals surface area contributed by atoms with Crippen molar-refractivity contribution in [2.24, 2.45) is 0 Å². The van der Waals surface area contributed by atoms with Crippen molar-refractivity contribution in [1.29, 1.82) is 0 Å². The van der Waals surface area contributed by atoms with Crippen molar-refractivity contribution in [3.05, 3.63) is 47.5 Å². The van der Waals surface area contributed by atoms with Crippen molar-refractivity contribution >= 4 is 44.9 Å². The molecule has 0 heterocycles. The average Bonchev–Trinajstić information content (AvgIpc) is 3.08. The Kier molecular flexibility index (Phi) is 14.0. The van der Waals surface area contributed by atoms with Crippen LogP contribution in [0.15, 0.2) is 36.4 Å². The van der Waals surface area contributed by atoms with Gasteiger partial charge in [0.25, 0.3) is 0 Å². The summed E-state index contributed by atoms with van der Waals surface area (Å²) in [5.41, 5.74) is 1.02. The Bertz CT molecular complexity index is 1450. The van der Waals surface area contributed by atoms with Crippen LogP contribution in [0.5, 0.6) is 23.0 Å². The second-order valence-corrected chi connectivity index (χ2v) is 12.2. The lowest BCUT2D eigenvalue weighted by Crippen LogP contribution is -2.04. The highest BCUT2D eigenvalue weighted by molar-refractivity contribution is 6.27. The molecule has 0 aliphatic carbocycles. The summed E-state index contributed by atoms with van der Waals surface area (Å²) in [6.45, 7) is 10.9. The largest absolute Gasteiger partial charge is 0.493 e. The summed E-state index contributed by atoms with van der Waals surface area (Å²) >= 11 is 0. The fourth-order valence-electron chi connectivity index (χ4n) is 5.89. The number of carbonyl (C=O) groups is 2. The summed E-state index contributed by atoms with van der Waals surface area (Å²) in [7, 11) is 0. The summed E-state index contributed by atoms with van der Waals surface area (Å²) in [4.78, 5) is 24.8. The topological polar surface area (TPSA) is 71.1 Å². The van der Waals surface area contributed by atoms with Gasteiger partial charge in [0.15, 0.2) is 24.1 Å². The van der Waals surface area contributed by atoms with Crippen molar-refractivity contribution in [2.75, 3.05) is 26.4 Å². The van der Waals surface area contributed by atoms with Crippen molar-refractivity contribution < 1.29 is 28.5 Å². The Morgan fingerprint density at radius 3 is 0.935 bits per heavy atom. The van der Waals surface area contributed by atoms with Gasteiger partial charge in [-0.05, 0) is 94.4 Å². The van der Waals surface area contributed by atoms with Crippen LogP contribution in [-0.4, -0.2) is 39.0 Å². The molecule has 6 heteroatoms. The minimum absolute atomic E-state index is 0.510. The Morgan fingerprint density at radius 1 is 0.391 bits per heavy atom. The Morgan fingerprint density at radius 2 is 0.652 bits per heavy atom. The van der Waals surface area contributed by atoms with Crippen LogP contribution in [0.4, 0.5) is 0 Å². The van der Waals surface area contributed by atoms with Gasteiger partial charge in [0, 0.05) is 0 Å². The monoisotopic (exact) mass is 628 g/mol. The maximum absolute atomic E-state index is 12.4. The number of fused-ring (bicyclic) bond motifs is 6. The standard InChI is InChI=1S/C40H52O6/c1-5-9-13-17-43-37-23-33-31(21-29(37)27-41)35-25-39(45-19-15-11-7-3)40(46-20-16-12-8-4)26-36(35)32-22-30(28-42)38(24-34(32)33)44-18-14-10-6-2/h21-28H,5-20H2,1-4H3. The third-order valence-corrected chi connectivity index (χ3v) is 8.53. The molecule has 0 fully saturated rings. The van der Waals surface area contributed by atoms with Crippen LogP contribution in [0.25, 0.3) is 32.3 Å². The molecule has 0 aliphatic heterocycles. The molecule has 0 atom stereocenters. The van der Waals surface area contributed by atoms with E-state index >= 15 is 0 Å². The van der Waals surface area contributed by atoms with E-state index in [2.05, 4.69) is 27.7 Å². The van der Waals surface area contributed by atoms with Crippen LogP contribution < -0.4 is 18.9 Å². The zero-order valence-electron chi connectivity index (χ0n) is 28.4. The van der Waals surface area contributed by atoms with Gasteiger partial charge >= 0.3 is 0 Å². The lowest BCUT2D eigenvalue weighted by molar-refractivity contribution is 0.111. The number of benzene rings is 4. The van der Waals surface area contributed by atoms with Gasteiger partial charge in [-0.3, -0.25) is 9.59 Å². The van der Waals surface area contributed by atoms with E-state index in [9.17, 15) is 9.59 Å². The Labute approximate surface area is 274 Å². The molecule has 0 saturated carbocycles. The SMILES string of the molecule is CCCCCOc1cc2c(cc1C=O)c1cc(OCCCCC)c(OCCCCC)cc1c1cc(C=O)c(OCCCCC)cc12. The number of unbranched alkanes of at least 4 members (excludes halogenated alkanes) is 8. The molecule has 0 amide bonds. The molecule has 4 aromatic carbocycles. The first-order valence-corrected chi connectivity index (χ1v) is 17.6. The van der Waals surface area contributed by atoms with Gasteiger partial charge in [-0.1, -0.05) is 79.1 Å². The molecule has 0 spiro atoms. The molecule has 6 nitrogen and oxygen atoms in total. The molecule has 0 aromatic heterocycles. The second-order valence-electron chi connectivity index (χ2n) is 12.2. The van der Waals surface area contributed by atoms with Gasteiger partial charge in [-0.2, -0.15) is 0 Å². The van der Waals surface area contributed by atoms with E-state index in [1.54, 1.807) is 0 Å². The van der Waals surface area contributed by atoms with Crippen molar-refractivity contribution in [3.63, 3.8) is 0 Å². The van der Waals surface area contributed by atoms with E-state index in [0.717, 1.165) is 122 Å². The molecule has 0 aliphatic rings. The predicted molar refractivity (Wildman–Crippen MR) is 190 cm³/mol. The molecule has 248 valence electrons. The zero-order chi connectivity index (χ0) is 32.7. The molecular weight excluding hydrogens is 576 g/mol. The molecule has 0 bridgehead atoms. The van der Waals surface area contributed by atoms with E-state index < -0.39 is 0 Å². The maximum atomic E-state index is 12.4. The van der Waals surface area contributed by atoms with Gasteiger partial charge in [0.1, 0.15) is 11.5 Å². The van der Waals surface area contributed by atoms with Gasteiger partial charge in [0.05, 0.1) is 37.6 Å². The van der Waals surface area contributed by atoms with E-state index in [4.69, 9.17) is 18.9 Å². The number of aldehydes is 2. The molecule has 0 N–H and O–H groups in total. The maximum Gasteiger partial charge on any atom is 0.161 e. The van der Waals surface area contributed by atoms with Crippen LogP contribution in [0.3, 0.4) is 0 Å². The summed E-state index contributed by atoms with van der Waals surface area (Å²) in [6, 6.07) is 11.9. The average molecular weight is 629 g/mol. The number of ether oxygens (including phenoxy) is 4. The quantitative estimate of drug-likeness (QED) is 0.0490. The smallest absolute Gasteiger partial charge is 0.161 e. The third kappa shape index (κ3) is 8.71. The van der Waals surface area contributed by atoms with Gasteiger partial charge in [0.2, 0.25) is 0 Å². The van der Waals surface area contributed by atoms with Crippen molar-refractivity contribution in [3.8, 4) is 23.0 Å². The Hall–Kier alpha value is -3.80. The van der Waals surface area contributed by atoms with Crippen molar-refractivity contribution in [1.82, 2.24) is 0 Å². The van der Waals surface area contributed by atoms with Gasteiger partial charge in [-0.15, -0.1) is 0 Å². The molecule has 0 radical (unpaired) electrons. The summed E-state index contributed by atoms with van der Waals surface area (Å²) in [6.07, 6.45) is 14.2. The third-order valence-electron chi connectivity index (χ3n) is 8.53. The number of carbonyl (C=O) groups excluding carboxylic acids is 2. The Balaban J connectivity index is 1.97. The minimum Gasteiger partial charge on any atom is -0.493 e. The van der Waals surface area contributed by atoms with Gasteiger partial charge in [-0.25, -0.2) is 0 Å². The van der Waals surface area contributed by atoms with E-state index in [-0.39, 0.29) is 0 Å². The first-order valence-electron chi connectivity index (χ1n) is 17.6. The van der Waals surface area contributed by atoms with Gasteiger partial charge < -0.3 is 18.9 Å². The lowest BCUT2D eigenvalue weighted by Gasteiger charge is -2.19. The number of hydrogen-bond acceptors (Lipinski definition) is 6.